The fourth-order valence-electron chi connectivity index (χ4n) is 1.80. The lowest BCUT2D eigenvalue weighted by Gasteiger charge is -2.18. The smallest absolute Gasteiger partial charge is 0.257 e. The van der Waals surface area contributed by atoms with E-state index in [0.29, 0.717) is 17.5 Å². The van der Waals surface area contributed by atoms with Crippen molar-refractivity contribution in [2.45, 2.75) is 39.7 Å². The van der Waals surface area contributed by atoms with Crippen molar-refractivity contribution in [3.63, 3.8) is 0 Å². The van der Waals surface area contributed by atoms with Gasteiger partial charge in [-0.1, -0.05) is 20.3 Å². The molecule has 2 unspecified atom stereocenters. The molecule has 0 saturated heterocycles. The molecule has 0 aromatic carbocycles. The molecule has 0 aliphatic heterocycles. The van der Waals surface area contributed by atoms with Gasteiger partial charge in [0.2, 0.25) is 0 Å². The summed E-state index contributed by atoms with van der Waals surface area (Å²) in [6.45, 7) is 6.51. The molecule has 1 aromatic rings. The molecule has 1 amide bonds. The normalized spacial score (nSPS) is 14.0. The largest absolute Gasteiger partial charge is 0.382 e. The standard InChI is InChI=1S/C12H22N4OS/c1-5-7(2)6-8(3)15-12-9(11(17)14-4)10(13)16-18-12/h7-8,15H,5-6H2,1-4H3,(H2,13,16)(H,14,17). The van der Waals surface area contributed by atoms with Crippen LogP contribution in [0.2, 0.25) is 0 Å². The molecule has 102 valence electrons. The number of hydrogen-bond acceptors (Lipinski definition) is 5. The number of nitrogens with one attached hydrogen (secondary N) is 2. The second-order valence-corrected chi connectivity index (χ2v) is 5.42. The average molecular weight is 270 g/mol. The van der Waals surface area contributed by atoms with Crippen molar-refractivity contribution in [1.29, 1.82) is 0 Å². The molecule has 1 rings (SSSR count). The number of carbonyl (C=O) groups is 1. The van der Waals surface area contributed by atoms with Crippen molar-refractivity contribution in [3.05, 3.63) is 5.56 Å². The molecule has 18 heavy (non-hydrogen) atoms. The second-order valence-electron chi connectivity index (χ2n) is 4.65. The van der Waals surface area contributed by atoms with Crippen molar-refractivity contribution in [2.24, 2.45) is 5.92 Å². The lowest BCUT2D eigenvalue weighted by molar-refractivity contribution is 0.0965. The highest BCUT2D eigenvalue weighted by atomic mass is 32.1. The van der Waals surface area contributed by atoms with Crippen molar-refractivity contribution in [3.8, 4) is 0 Å². The number of hydrogen-bond donors (Lipinski definition) is 3. The third-order valence-electron chi connectivity index (χ3n) is 3.00. The van der Waals surface area contributed by atoms with Crippen LogP contribution in [-0.4, -0.2) is 23.4 Å². The Hall–Kier alpha value is -1.30. The Morgan fingerprint density at radius 3 is 2.72 bits per heavy atom. The zero-order valence-electron chi connectivity index (χ0n) is 11.4. The van der Waals surface area contributed by atoms with Crippen LogP contribution in [0.4, 0.5) is 10.8 Å². The van der Waals surface area contributed by atoms with Gasteiger partial charge in [-0.25, -0.2) is 0 Å². The van der Waals surface area contributed by atoms with Gasteiger partial charge in [0.05, 0.1) is 0 Å². The number of aromatic nitrogens is 1. The molecule has 1 aromatic heterocycles. The van der Waals surface area contributed by atoms with Crippen molar-refractivity contribution in [1.82, 2.24) is 9.69 Å². The van der Waals surface area contributed by atoms with E-state index in [9.17, 15) is 4.79 Å². The maximum atomic E-state index is 11.7. The summed E-state index contributed by atoms with van der Waals surface area (Å²) < 4.78 is 4.03. The first-order valence-electron chi connectivity index (χ1n) is 6.23. The molecule has 0 saturated carbocycles. The molecule has 2 atom stereocenters. The first-order chi connectivity index (χ1) is 8.49. The number of amides is 1. The minimum absolute atomic E-state index is 0.195. The minimum Gasteiger partial charge on any atom is -0.382 e. The highest BCUT2D eigenvalue weighted by Gasteiger charge is 2.19. The topological polar surface area (TPSA) is 80.0 Å². The van der Waals surface area contributed by atoms with Gasteiger partial charge < -0.3 is 16.4 Å². The third kappa shape index (κ3) is 3.60. The summed E-state index contributed by atoms with van der Waals surface area (Å²) in [5.41, 5.74) is 6.18. The Morgan fingerprint density at radius 2 is 2.17 bits per heavy atom. The van der Waals surface area contributed by atoms with E-state index in [0.717, 1.165) is 17.8 Å². The first-order valence-corrected chi connectivity index (χ1v) is 7.00. The monoisotopic (exact) mass is 270 g/mol. The SMILES string of the molecule is CCC(C)CC(C)Nc1snc(N)c1C(=O)NC. The summed E-state index contributed by atoms with van der Waals surface area (Å²) in [6.07, 6.45) is 2.21. The fraction of sp³-hybridized carbons (Fsp3) is 0.667. The van der Waals surface area contributed by atoms with E-state index in [1.54, 1.807) is 7.05 Å². The summed E-state index contributed by atoms with van der Waals surface area (Å²) in [6, 6.07) is 0.295. The maximum absolute atomic E-state index is 11.7. The van der Waals surface area contributed by atoms with Gasteiger partial charge in [0.1, 0.15) is 10.6 Å². The Morgan fingerprint density at radius 1 is 1.50 bits per heavy atom. The van der Waals surface area contributed by atoms with Gasteiger partial charge in [-0.15, -0.1) is 0 Å². The van der Waals surface area contributed by atoms with E-state index < -0.39 is 0 Å². The van der Waals surface area contributed by atoms with E-state index in [1.807, 2.05) is 0 Å². The van der Waals surface area contributed by atoms with Crippen molar-refractivity contribution < 1.29 is 4.79 Å². The van der Waals surface area contributed by atoms with Crippen LogP contribution in [0, 0.1) is 5.92 Å². The number of nitrogens with zero attached hydrogens (tertiary/aromatic N) is 1. The van der Waals surface area contributed by atoms with Crippen LogP contribution < -0.4 is 16.4 Å². The van der Waals surface area contributed by atoms with Crippen molar-refractivity contribution >= 4 is 28.3 Å². The van der Waals surface area contributed by atoms with Gasteiger partial charge in [-0.05, 0) is 30.8 Å². The summed E-state index contributed by atoms with van der Waals surface area (Å²) >= 11 is 1.24. The number of anilines is 2. The Labute approximate surface area is 112 Å². The van der Waals surface area contributed by atoms with E-state index >= 15 is 0 Å². The quantitative estimate of drug-likeness (QED) is 0.741. The molecule has 0 aliphatic rings. The average Bonchev–Trinajstić information content (AvgIpc) is 2.69. The van der Waals surface area contributed by atoms with E-state index in [2.05, 4.69) is 35.8 Å². The molecule has 4 N–H and O–H groups in total. The molecule has 0 radical (unpaired) electrons. The molecule has 5 nitrogen and oxygen atoms in total. The predicted molar refractivity (Wildman–Crippen MR) is 77.1 cm³/mol. The van der Waals surface area contributed by atoms with Gasteiger partial charge in [0, 0.05) is 13.1 Å². The lowest BCUT2D eigenvalue weighted by Crippen LogP contribution is -2.23. The van der Waals surface area contributed by atoms with Crippen molar-refractivity contribution in [2.75, 3.05) is 18.1 Å². The summed E-state index contributed by atoms with van der Waals surface area (Å²) in [4.78, 5) is 11.7. The highest BCUT2D eigenvalue weighted by molar-refractivity contribution is 7.11. The molecule has 6 heteroatoms. The second kappa shape index (κ2) is 6.58. The molecule has 1 heterocycles. The highest BCUT2D eigenvalue weighted by Crippen LogP contribution is 2.28. The fourth-order valence-corrected chi connectivity index (χ4v) is 2.62. The van der Waals surface area contributed by atoms with E-state index in [1.165, 1.54) is 11.5 Å². The van der Waals surface area contributed by atoms with Crippen LogP contribution in [0.3, 0.4) is 0 Å². The third-order valence-corrected chi connectivity index (χ3v) is 3.80. The number of nitrogens with two attached hydrogens (primary N) is 1. The van der Waals surface area contributed by atoms with Gasteiger partial charge in [0.25, 0.3) is 5.91 Å². The van der Waals surface area contributed by atoms with Crippen LogP contribution in [0.15, 0.2) is 0 Å². The zero-order valence-corrected chi connectivity index (χ0v) is 12.2. The molecule has 0 bridgehead atoms. The summed E-state index contributed by atoms with van der Waals surface area (Å²) in [5.74, 6) is 0.748. The molecule has 0 aliphatic carbocycles. The van der Waals surface area contributed by atoms with E-state index in [4.69, 9.17) is 5.73 Å². The predicted octanol–water partition coefficient (Wildman–Crippen LogP) is 2.32. The number of carbonyl (C=O) groups excluding carboxylic acids is 1. The lowest BCUT2D eigenvalue weighted by atomic mass is 10.0. The maximum Gasteiger partial charge on any atom is 0.257 e. The number of nitrogen functional groups attached to an aromatic ring is 1. The van der Waals surface area contributed by atoms with Gasteiger partial charge in [0.15, 0.2) is 5.82 Å². The zero-order chi connectivity index (χ0) is 13.7. The summed E-state index contributed by atoms with van der Waals surface area (Å²) in [5, 5.41) is 6.66. The molecular formula is C12H22N4OS. The van der Waals surface area contributed by atoms with Gasteiger partial charge >= 0.3 is 0 Å². The van der Waals surface area contributed by atoms with Crippen LogP contribution in [-0.2, 0) is 0 Å². The van der Waals surface area contributed by atoms with Crippen LogP contribution in [0.25, 0.3) is 0 Å². The summed E-state index contributed by atoms with van der Waals surface area (Å²) in [7, 11) is 1.59. The molecule has 0 spiro atoms. The van der Waals surface area contributed by atoms with Crippen LogP contribution in [0.1, 0.15) is 44.0 Å². The van der Waals surface area contributed by atoms with Gasteiger partial charge in [-0.2, -0.15) is 4.37 Å². The molecule has 0 fully saturated rings. The Bertz CT molecular complexity index is 405. The van der Waals surface area contributed by atoms with Crippen LogP contribution in [0.5, 0.6) is 0 Å². The van der Waals surface area contributed by atoms with Gasteiger partial charge in [-0.3, -0.25) is 4.79 Å². The minimum atomic E-state index is -0.195. The van der Waals surface area contributed by atoms with E-state index in [-0.39, 0.29) is 11.7 Å². The Balaban J connectivity index is 2.75. The first kappa shape index (κ1) is 14.8. The Kier molecular flexibility index (Phi) is 5.40. The number of rotatable bonds is 6. The van der Waals surface area contributed by atoms with Crippen LogP contribution >= 0.6 is 11.5 Å². The molecular weight excluding hydrogens is 248 g/mol.